The normalized spacial score (nSPS) is 12.3. The Balaban J connectivity index is 2.55. The van der Waals surface area contributed by atoms with E-state index in [1.54, 1.807) is 18.2 Å². The van der Waals surface area contributed by atoms with Crippen LogP contribution in [0.1, 0.15) is 25.3 Å². The fourth-order valence-corrected chi connectivity index (χ4v) is 1.59. The van der Waals surface area contributed by atoms with Crippen molar-refractivity contribution in [2.75, 3.05) is 6.54 Å². The molecule has 0 saturated heterocycles. The van der Waals surface area contributed by atoms with Crippen LogP contribution in [0.25, 0.3) is 6.08 Å². The lowest BCUT2D eigenvalue weighted by atomic mass is 10.1. The molecule has 0 radical (unpaired) electrons. The fourth-order valence-electron chi connectivity index (χ4n) is 1.59. The fraction of sp³-hybridized carbons (Fsp3) is 0.357. The third kappa shape index (κ3) is 5.19. The van der Waals surface area contributed by atoms with Crippen molar-refractivity contribution in [1.29, 1.82) is 0 Å². The molecule has 108 valence electrons. The Morgan fingerprint density at radius 1 is 1.50 bits per heavy atom. The van der Waals surface area contributed by atoms with Crippen molar-refractivity contribution in [1.82, 2.24) is 5.32 Å². The molecule has 1 atom stereocenters. The molecule has 1 unspecified atom stereocenters. The number of aliphatic hydroxyl groups excluding tert-OH is 1. The molecule has 0 saturated carbocycles. The van der Waals surface area contributed by atoms with Gasteiger partial charge in [-0.15, -0.1) is 0 Å². The van der Waals surface area contributed by atoms with Gasteiger partial charge in [0.25, 0.3) is 5.69 Å². The highest BCUT2D eigenvalue weighted by Gasteiger charge is 2.09. The topological polar surface area (TPSA) is 92.5 Å². The summed E-state index contributed by atoms with van der Waals surface area (Å²) in [6.45, 7) is 2.23. The minimum atomic E-state index is -0.491. The molecule has 0 heterocycles. The standard InChI is InChI=1S/C14H18N2O4/c1-2-12(17)9-10-15-14(18)8-7-11-5-3-4-6-13(11)16(19)20/h3-8,12,17H,2,9-10H2,1H3,(H,15,18)/b8-7+. The van der Waals surface area contributed by atoms with E-state index in [1.807, 2.05) is 6.92 Å². The van der Waals surface area contributed by atoms with Gasteiger partial charge in [-0.05, 0) is 25.0 Å². The van der Waals surface area contributed by atoms with Gasteiger partial charge in [-0.2, -0.15) is 0 Å². The van der Waals surface area contributed by atoms with E-state index in [1.165, 1.54) is 18.2 Å². The van der Waals surface area contributed by atoms with E-state index in [2.05, 4.69) is 5.32 Å². The number of amides is 1. The minimum absolute atomic E-state index is 0.0436. The number of rotatable bonds is 7. The summed E-state index contributed by atoms with van der Waals surface area (Å²) in [7, 11) is 0. The third-order valence-corrected chi connectivity index (χ3v) is 2.80. The zero-order valence-corrected chi connectivity index (χ0v) is 11.3. The van der Waals surface area contributed by atoms with Crippen LogP contribution >= 0.6 is 0 Å². The Morgan fingerprint density at radius 3 is 2.85 bits per heavy atom. The molecule has 1 aromatic rings. The molecule has 0 aliphatic heterocycles. The SMILES string of the molecule is CCC(O)CCNC(=O)/C=C/c1ccccc1[N+](=O)[O-]. The Morgan fingerprint density at radius 2 is 2.20 bits per heavy atom. The van der Waals surface area contributed by atoms with Crippen molar-refractivity contribution in [3.8, 4) is 0 Å². The largest absolute Gasteiger partial charge is 0.393 e. The van der Waals surface area contributed by atoms with Crippen LogP contribution in [-0.2, 0) is 4.79 Å². The molecule has 2 N–H and O–H groups in total. The maximum Gasteiger partial charge on any atom is 0.276 e. The Hall–Kier alpha value is -2.21. The summed E-state index contributed by atoms with van der Waals surface area (Å²) < 4.78 is 0. The van der Waals surface area contributed by atoms with Gasteiger partial charge in [0, 0.05) is 18.7 Å². The molecule has 0 aliphatic carbocycles. The second kappa shape index (κ2) is 8.06. The number of nitro groups is 1. The average Bonchev–Trinajstić information content (AvgIpc) is 2.45. The zero-order chi connectivity index (χ0) is 15.0. The summed E-state index contributed by atoms with van der Waals surface area (Å²) >= 11 is 0. The molecule has 0 aliphatic rings. The van der Waals surface area contributed by atoms with Crippen LogP contribution < -0.4 is 5.32 Å². The van der Waals surface area contributed by atoms with Gasteiger partial charge in [0.05, 0.1) is 16.6 Å². The molecule has 6 heteroatoms. The van der Waals surface area contributed by atoms with Crippen molar-refractivity contribution in [2.24, 2.45) is 0 Å². The highest BCUT2D eigenvalue weighted by Crippen LogP contribution is 2.18. The monoisotopic (exact) mass is 278 g/mol. The van der Waals surface area contributed by atoms with E-state index >= 15 is 0 Å². The summed E-state index contributed by atoms with van der Waals surface area (Å²) in [5.74, 6) is -0.341. The first kappa shape index (κ1) is 15.8. The van der Waals surface area contributed by atoms with Crippen molar-refractivity contribution >= 4 is 17.7 Å². The number of hydrogen-bond acceptors (Lipinski definition) is 4. The van der Waals surface area contributed by atoms with Gasteiger partial charge in [-0.3, -0.25) is 14.9 Å². The van der Waals surface area contributed by atoms with E-state index in [0.717, 1.165) is 0 Å². The molecule has 0 aromatic heterocycles. The zero-order valence-electron chi connectivity index (χ0n) is 11.3. The van der Waals surface area contributed by atoms with Crippen LogP contribution in [0.4, 0.5) is 5.69 Å². The number of nitrogens with one attached hydrogen (secondary N) is 1. The quantitative estimate of drug-likeness (QED) is 0.452. The van der Waals surface area contributed by atoms with Crippen LogP contribution in [0.3, 0.4) is 0 Å². The number of nitro benzene ring substituents is 1. The highest BCUT2D eigenvalue weighted by atomic mass is 16.6. The number of hydrogen-bond donors (Lipinski definition) is 2. The Bertz CT molecular complexity index is 500. The second-order valence-electron chi connectivity index (χ2n) is 4.29. The van der Waals surface area contributed by atoms with Gasteiger partial charge in [-0.25, -0.2) is 0 Å². The van der Waals surface area contributed by atoms with E-state index in [4.69, 9.17) is 0 Å². The average molecular weight is 278 g/mol. The molecule has 0 fully saturated rings. The lowest BCUT2D eigenvalue weighted by molar-refractivity contribution is -0.385. The van der Waals surface area contributed by atoms with Crippen LogP contribution in [0, 0.1) is 10.1 Å². The number of carbonyl (C=O) groups is 1. The maximum absolute atomic E-state index is 11.5. The number of para-hydroxylation sites is 1. The summed E-state index contributed by atoms with van der Waals surface area (Å²) in [6.07, 6.45) is 3.36. The van der Waals surface area contributed by atoms with Crippen molar-refractivity contribution in [2.45, 2.75) is 25.9 Å². The second-order valence-corrected chi connectivity index (χ2v) is 4.29. The molecule has 0 bridgehead atoms. The van der Waals surface area contributed by atoms with Crippen molar-refractivity contribution < 1.29 is 14.8 Å². The number of nitrogens with zero attached hydrogens (tertiary/aromatic N) is 1. The summed E-state index contributed by atoms with van der Waals surface area (Å²) in [5, 5.41) is 22.7. The van der Waals surface area contributed by atoms with Gasteiger partial charge in [0.1, 0.15) is 0 Å². The number of carbonyl (C=O) groups excluding carboxylic acids is 1. The molecule has 1 aromatic carbocycles. The first-order chi connectivity index (χ1) is 9.54. The molecule has 6 nitrogen and oxygen atoms in total. The predicted molar refractivity (Wildman–Crippen MR) is 76.1 cm³/mol. The highest BCUT2D eigenvalue weighted by molar-refractivity contribution is 5.92. The lowest BCUT2D eigenvalue weighted by Gasteiger charge is -2.07. The van der Waals surface area contributed by atoms with Crippen LogP contribution in [-0.4, -0.2) is 28.6 Å². The summed E-state index contributed by atoms with van der Waals surface area (Å²) in [4.78, 5) is 21.8. The third-order valence-electron chi connectivity index (χ3n) is 2.80. The summed E-state index contributed by atoms with van der Waals surface area (Å²) in [6, 6.07) is 6.20. The smallest absolute Gasteiger partial charge is 0.276 e. The van der Waals surface area contributed by atoms with Crippen LogP contribution in [0.2, 0.25) is 0 Å². The van der Waals surface area contributed by atoms with Gasteiger partial charge < -0.3 is 10.4 Å². The predicted octanol–water partition coefficient (Wildman–Crippen LogP) is 1.89. The van der Waals surface area contributed by atoms with Gasteiger partial charge in [-0.1, -0.05) is 19.1 Å². The maximum atomic E-state index is 11.5. The van der Waals surface area contributed by atoms with Gasteiger partial charge >= 0.3 is 0 Å². The molecule has 20 heavy (non-hydrogen) atoms. The molecular formula is C14H18N2O4. The Labute approximate surface area is 117 Å². The van der Waals surface area contributed by atoms with Crippen LogP contribution in [0.15, 0.2) is 30.3 Å². The van der Waals surface area contributed by atoms with Gasteiger partial charge in [0.15, 0.2) is 0 Å². The van der Waals surface area contributed by atoms with E-state index < -0.39 is 11.0 Å². The molecule has 1 amide bonds. The minimum Gasteiger partial charge on any atom is -0.393 e. The number of aliphatic hydroxyl groups is 1. The van der Waals surface area contributed by atoms with Crippen molar-refractivity contribution in [3.05, 3.63) is 46.0 Å². The number of benzene rings is 1. The Kier molecular flexibility index (Phi) is 6.39. The van der Waals surface area contributed by atoms with E-state index in [0.29, 0.717) is 24.9 Å². The summed E-state index contributed by atoms with van der Waals surface area (Å²) in [5.41, 5.74) is 0.333. The first-order valence-electron chi connectivity index (χ1n) is 6.42. The molecule has 0 spiro atoms. The lowest BCUT2D eigenvalue weighted by Crippen LogP contribution is -2.25. The van der Waals surface area contributed by atoms with Crippen LogP contribution in [0.5, 0.6) is 0 Å². The van der Waals surface area contributed by atoms with Crippen molar-refractivity contribution in [3.63, 3.8) is 0 Å². The van der Waals surface area contributed by atoms with E-state index in [-0.39, 0.29) is 11.6 Å². The van der Waals surface area contributed by atoms with E-state index in [9.17, 15) is 20.0 Å². The van der Waals surface area contributed by atoms with Gasteiger partial charge in [0.2, 0.25) is 5.91 Å². The molecule has 1 rings (SSSR count). The first-order valence-corrected chi connectivity index (χ1v) is 6.42. The molecular weight excluding hydrogens is 260 g/mol.